The first kappa shape index (κ1) is 15.0. The zero-order valence-electron chi connectivity index (χ0n) is 11.7. The van der Waals surface area contributed by atoms with Crippen LogP contribution in [0.1, 0.15) is 12.8 Å². The van der Waals surface area contributed by atoms with Crippen molar-refractivity contribution in [2.45, 2.75) is 12.8 Å². The Morgan fingerprint density at radius 2 is 1.91 bits per heavy atom. The van der Waals surface area contributed by atoms with E-state index < -0.39 is 0 Å². The molecule has 4 rings (SSSR count). The minimum absolute atomic E-state index is 0. The second kappa shape index (κ2) is 5.72. The lowest BCUT2D eigenvalue weighted by Crippen LogP contribution is -2.37. The van der Waals surface area contributed by atoms with Crippen molar-refractivity contribution < 1.29 is 14.8 Å². The number of allylic oxidation sites excluding steroid dienone is 4. The molecule has 0 amide bonds. The number of rotatable bonds is 1. The van der Waals surface area contributed by atoms with Crippen molar-refractivity contribution in [3.8, 4) is 16.3 Å². The van der Waals surface area contributed by atoms with Crippen molar-refractivity contribution in [3.05, 3.63) is 64.0 Å². The summed E-state index contributed by atoms with van der Waals surface area (Å²) in [5.74, 6) is 0.308. The minimum Gasteiger partial charge on any atom is -0.870 e. The van der Waals surface area contributed by atoms with Gasteiger partial charge in [-0.3, -0.25) is 0 Å². The van der Waals surface area contributed by atoms with E-state index in [4.69, 9.17) is 11.6 Å². The summed E-state index contributed by atoms with van der Waals surface area (Å²) in [6.07, 6.45) is 7.87. The number of hydrogen-bond donors (Lipinski definition) is 1. The van der Waals surface area contributed by atoms with Crippen LogP contribution in [0.25, 0.3) is 16.0 Å². The molecule has 1 aromatic carbocycles. The summed E-state index contributed by atoms with van der Waals surface area (Å²) in [6.45, 7) is 0. The fraction of sp³-hybridized carbons (Fsp3) is 0.118. The monoisotopic (exact) mass is 331 g/mol. The molecule has 112 valence electrons. The fourth-order valence-corrected chi connectivity index (χ4v) is 4.13. The van der Waals surface area contributed by atoms with Crippen molar-refractivity contribution in [2.75, 3.05) is 0 Å². The Morgan fingerprint density at radius 1 is 1.14 bits per heavy atom. The largest absolute Gasteiger partial charge is 0.870 e. The molecule has 2 aliphatic rings. The number of benzene rings is 1. The molecule has 22 heavy (non-hydrogen) atoms. The molecule has 1 aliphatic heterocycles. The Hall–Kier alpha value is -1.88. The summed E-state index contributed by atoms with van der Waals surface area (Å²) >= 11 is 7.79. The molecule has 2 N–H and O–H groups in total. The van der Waals surface area contributed by atoms with Gasteiger partial charge in [-0.05, 0) is 11.6 Å². The molecule has 0 unspecified atom stereocenters. The second-order valence-electron chi connectivity index (χ2n) is 5.12. The third-order valence-corrected chi connectivity index (χ3v) is 5.30. The molecular formula is C17H14ClNO2S. The number of hydrogen-bond acceptors (Lipinski definition) is 3. The van der Waals surface area contributed by atoms with Gasteiger partial charge in [0.15, 0.2) is 11.1 Å². The van der Waals surface area contributed by atoms with Gasteiger partial charge < -0.3 is 10.6 Å². The highest BCUT2D eigenvalue weighted by molar-refractivity contribution is 7.13. The Balaban J connectivity index is 0.00000144. The maximum Gasteiger partial charge on any atom is 0.390 e. The molecule has 2 heterocycles. The molecule has 1 aliphatic carbocycles. The normalized spacial score (nSPS) is 15.8. The van der Waals surface area contributed by atoms with Gasteiger partial charge in [-0.25, -0.2) is 0 Å². The average Bonchev–Trinajstić information content (AvgIpc) is 2.86. The molecule has 2 aromatic rings. The van der Waals surface area contributed by atoms with Crippen LogP contribution in [0.15, 0.2) is 53.1 Å². The quantitative estimate of drug-likeness (QED) is 0.815. The lowest BCUT2D eigenvalue weighted by atomic mass is 9.97. The number of aromatic hydroxyl groups is 1. The van der Waals surface area contributed by atoms with Crippen LogP contribution in [-0.4, -0.2) is 10.6 Å². The summed E-state index contributed by atoms with van der Waals surface area (Å²) in [5.41, 5.74) is 3.46. The second-order valence-corrected chi connectivity index (χ2v) is 6.61. The van der Waals surface area contributed by atoms with Gasteiger partial charge >= 0.3 is 5.88 Å². The van der Waals surface area contributed by atoms with E-state index in [1.165, 1.54) is 5.57 Å². The third kappa shape index (κ3) is 2.29. The predicted octanol–water partition coefficient (Wildman–Crippen LogP) is 3.25. The fourth-order valence-electron chi connectivity index (χ4n) is 2.75. The van der Waals surface area contributed by atoms with Crippen LogP contribution >= 0.6 is 22.9 Å². The van der Waals surface area contributed by atoms with Crippen molar-refractivity contribution in [1.29, 1.82) is 0 Å². The van der Waals surface area contributed by atoms with Crippen LogP contribution in [0.3, 0.4) is 0 Å². The molecule has 0 spiro atoms. The molecule has 0 saturated carbocycles. The van der Waals surface area contributed by atoms with Crippen LogP contribution in [0.4, 0.5) is 0 Å². The molecule has 1 aromatic heterocycles. The molecule has 0 fully saturated rings. The molecule has 0 bridgehead atoms. The van der Waals surface area contributed by atoms with Gasteiger partial charge in [0.1, 0.15) is 0 Å². The number of fused-ring (bicyclic) bond motifs is 2. The lowest BCUT2D eigenvalue weighted by Gasteiger charge is -2.10. The van der Waals surface area contributed by atoms with Gasteiger partial charge in [0.2, 0.25) is 0 Å². The van der Waals surface area contributed by atoms with Crippen LogP contribution in [0.2, 0.25) is 0 Å². The minimum atomic E-state index is 0. The van der Waals surface area contributed by atoms with Crippen molar-refractivity contribution in [2.24, 2.45) is 0 Å². The highest BCUT2D eigenvalue weighted by atomic mass is 35.5. The average molecular weight is 332 g/mol. The van der Waals surface area contributed by atoms with Gasteiger partial charge in [-0.1, -0.05) is 59.3 Å². The first-order chi connectivity index (χ1) is 10.2. The zero-order chi connectivity index (χ0) is 14.4. The summed E-state index contributed by atoms with van der Waals surface area (Å²) in [6, 6.07) is 9.98. The molecule has 0 radical (unpaired) electrons. The van der Waals surface area contributed by atoms with Gasteiger partial charge in [-0.2, -0.15) is 0 Å². The SMILES string of the molecule is Oc1c(-c2ccccc2)sc2[n+]1=CCC1=CCC(Cl)=CC=21.[OH-]. The van der Waals surface area contributed by atoms with E-state index in [0.717, 1.165) is 38.6 Å². The molecule has 3 nitrogen and oxygen atoms in total. The van der Waals surface area contributed by atoms with E-state index in [2.05, 4.69) is 6.08 Å². The lowest BCUT2D eigenvalue weighted by molar-refractivity contribution is -0.530. The first-order valence-electron chi connectivity index (χ1n) is 6.83. The van der Waals surface area contributed by atoms with Gasteiger partial charge in [0.05, 0.1) is 12.0 Å². The maximum absolute atomic E-state index is 10.5. The Kier molecular flexibility index (Phi) is 3.91. The summed E-state index contributed by atoms with van der Waals surface area (Å²) in [5, 5.41) is 11.4. The summed E-state index contributed by atoms with van der Waals surface area (Å²) in [4.78, 5) is 0.894. The molecule has 5 heteroatoms. The highest BCUT2D eigenvalue weighted by Gasteiger charge is 2.26. The van der Waals surface area contributed by atoms with Crippen LogP contribution < -0.4 is 8.91 Å². The number of nitrogens with zero attached hydrogens (tertiary/aromatic N) is 1. The predicted molar refractivity (Wildman–Crippen MR) is 87.5 cm³/mol. The standard InChI is InChI=1S/C17H12ClNOS.H2O/c18-13-7-6-11-8-9-19-16(20)15(12-4-2-1-3-5-12)21-17(19)14(11)10-13;/h1-6,9-10H,7-8H2;1H2. The molecule has 0 saturated heterocycles. The highest BCUT2D eigenvalue weighted by Crippen LogP contribution is 2.33. The Labute approximate surface area is 136 Å². The van der Waals surface area contributed by atoms with Crippen LogP contribution in [0, 0.1) is 6.21 Å². The van der Waals surface area contributed by atoms with Crippen molar-refractivity contribution >= 4 is 28.5 Å². The van der Waals surface area contributed by atoms with Crippen molar-refractivity contribution in [3.63, 3.8) is 0 Å². The Morgan fingerprint density at radius 3 is 2.68 bits per heavy atom. The van der Waals surface area contributed by atoms with E-state index in [-0.39, 0.29) is 5.48 Å². The first-order valence-corrected chi connectivity index (χ1v) is 8.02. The van der Waals surface area contributed by atoms with Crippen molar-refractivity contribution in [1.82, 2.24) is 0 Å². The zero-order valence-corrected chi connectivity index (χ0v) is 13.2. The van der Waals surface area contributed by atoms with Crippen LogP contribution in [0.5, 0.6) is 5.88 Å². The van der Waals surface area contributed by atoms with Gasteiger partial charge in [0, 0.05) is 17.0 Å². The van der Waals surface area contributed by atoms with Gasteiger partial charge in [-0.15, -0.1) is 4.24 Å². The van der Waals surface area contributed by atoms with E-state index in [1.54, 1.807) is 11.3 Å². The van der Waals surface area contributed by atoms with Gasteiger partial charge in [0.25, 0.3) is 4.66 Å². The molecule has 0 atom stereocenters. The van der Waals surface area contributed by atoms with E-state index in [0.29, 0.717) is 5.88 Å². The summed E-state index contributed by atoms with van der Waals surface area (Å²) < 4.78 is 2.92. The number of thiazole rings is 1. The third-order valence-electron chi connectivity index (χ3n) is 3.80. The maximum atomic E-state index is 10.5. The van der Waals surface area contributed by atoms with E-state index in [1.807, 2.05) is 46.9 Å². The number of halogens is 1. The smallest absolute Gasteiger partial charge is 0.390 e. The molecular weight excluding hydrogens is 318 g/mol. The number of aromatic nitrogens is 1. The Bertz CT molecular complexity index is 910. The van der Waals surface area contributed by atoms with Crippen LogP contribution in [-0.2, 0) is 0 Å². The summed E-state index contributed by atoms with van der Waals surface area (Å²) in [7, 11) is 0. The topological polar surface area (TPSA) is 56.1 Å². The van der Waals surface area contributed by atoms with E-state index in [9.17, 15) is 5.11 Å². The van der Waals surface area contributed by atoms with E-state index >= 15 is 0 Å².